The fourth-order valence-corrected chi connectivity index (χ4v) is 2.56. The van der Waals surface area contributed by atoms with Crippen molar-refractivity contribution in [1.82, 2.24) is 5.43 Å². The van der Waals surface area contributed by atoms with Crippen molar-refractivity contribution in [2.45, 2.75) is 0 Å². The summed E-state index contributed by atoms with van der Waals surface area (Å²) in [5, 5.41) is 6.78. The molecule has 7 nitrogen and oxygen atoms in total. The Morgan fingerprint density at radius 3 is 2.35 bits per heavy atom. The summed E-state index contributed by atoms with van der Waals surface area (Å²) in [7, 11) is 2.99. The lowest BCUT2D eigenvalue weighted by atomic mass is 10.2. The molecule has 0 atom stereocenters. The minimum atomic E-state index is -0.959. The Morgan fingerprint density at radius 1 is 1.04 bits per heavy atom. The smallest absolute Gasteiger partial charge is 0.329 e. The average Bonchev–Trinajstić information content (AvgIpc) is 2.60. The molecule has 2 aromatic carbocycles. The van der Waals surface area contributed by atoms with E-state index >= 15 is 0 Å². The normalized spacial score (nSPS) is 10.5. The van der Waals surface area contributed by atoms with Gasteiger partial charge in [0.1, 0.15) is 0 Å². The molecular formula is C17H15Cl2N3O4. The molecule has 0 saturated heterocycles. The molecule has 2 aromatic rings. The van der Waals surface area contributed by atoms with E-state index in [-0.39, 0.29) is 0 Å². The summed E-state index contributed by atoms with van der Waals surface area (Å²) in [4.78, 5) is 23.7. The van der Waals surface area contributed by atoms with Crippen molar-refractivity contribution in [1.29, 1.82) is 0 Å². The average molecular weight is 396 g/mol. The Hall–Kier alpha value is -2.77. The predicted octanol–water partition coefficient (Wildman–Crippen LogP) is 3.10. The van der Waals surface area contributed by atoms with Crippen molar-refractivity contribution in [2.75, 3.05) is 19.5 Å². The highest BCUT2D eigenvalue weighted by Gasteiger charge is 2.14. The number of hydrogen-bond donors (Lipinski definition) is 2. The van der Waals surface area contributed by atoms with Crippen LogP contribution in [0.2, 0.25) is 10.0 Å². The van der Waals surface area contributed by atoms with Crippen LogP contribution in [0, 0.1) is 0 Å². The fourth-order valence-electron chi connectivity index (χ4n) is 2.04. The van der Waals surface area contributed by atoms with E-state index in [9.17, 15) is 9.59 Å². The zero-order valence-electron chi connectivity index (χ0n) is 13.9. The number of methoxy groups -OCH3 is 2. The van der Waals surface area contributed by atoms with Crippen LogP contribution < -0.4 is 20.2 Å². The van der Waals surface area contributed by atoms with E-state index in [4.69, 9.17) is 32.7 Å². The number of ether oxygens (including phenoxy) is 2. The number of para-hydroxylation sites is 1. The molecule has 0 radical (unpaired) electrons. The SMILES string of the molecule is COc1cccc(/C=N\NC(=O)C(=O)Nc2cc(Cl)cc(Cl)c2)c1OC. The second-order valence-corrected chi connectivity index (χ2v) is 5.77. The topological polar surface area (TPSA) is 89.0 Å². The van der Waals surface area contributed by atoms with Gasteiger partial charge in [0.05, 0.1) is 20.4 Å². The van der Waals surface area contributed by atoms with Gasteiger partial charge in [-0.25, -0.2) is 5.43 Å². The first-order chi connectivity index (χ1) is 12.4. The summed E-state index contributed by atoms with van der Waals surface area (Å²) in [6.07, 6.45) is 1.34. The van der Waals surface area contributed by atoms with Crippen LogP contribution >= 0.6 is 23.2 Å². The first-order valence-corrected chi connectivity index (χ1v) is 8.01. The molecule has 0 saturated carbocycles. The largest absolute Gasteiger partial charge is 0.493 e. The predicted molar refractivity (Wildman–Crippen MR) is 100 cm³/mol. The number of hydrogen-bond acceptors (Lipinski definition) is 5. The zero-order valence-corrected chi connectivity index (χ0v) is 15.4. The van der Waals surface area contributed by atoms with E-state index in [1.807, 2.05) is 0 Å². The van der Waals surface area contributed by atoms with Gasteiger partial charge in [-0.05, 0) is 30.3 Å². The lowest BCUT2D eigenvalue weighted by Crippen LogP contribution is -2.32. The van der Waals surface area contributed by atoms with Crippen LogP contribution in [0.15, 0.2) is 41.5 Å². The summed E-state index contributed by atoms with van der Waals surface area (Å²) in [5.41, 5.74) is 2.98. The number of halogens is 2. The Bertz CT molecular complexity index is 836. The molecule has 0 unspecified atom stereocenters. The number of amides is 2. The molecule has 0 aliphatic carbocycles. The second-order valence-electron chi connectivity index (χ2n) is 4.89. The van der Waals surface area contributed by atoms with Gasteiger partial charge >= 0.3 is 11.8 Å². The van der Waals surface area contributed by atoms with Gasteiger partial charge in [0.15, 0.2) is 11.5 Å². The Kier molecular flexibility index (Phi) is 6.82. The molecule has 0 aliphatic rings. The van der Waals surface area contributed by atoms with E-state index in [1.165, 1.54) is 38.6 Å². The highest BCUT2D eigenvalue weighted by atomic mass is 35.5. The van der Waals surface area contributed by atoms with Crippen LogP contribution in [-0.2, 0) is 9.59 Å². The van der Waals surface area contributed by atoms with Crippen molar-refractivity contribution < 1.29 is 19.1 Å². The molecule has 136 valence electrons. The summed E-state index contributed by atoms with van der Waals surface area (Å²) in [6.45, 7) is 0. The Labute approximate surface area is 159 Å². The summed E-state index contributed by atoms with van der Waals surface area (Å²) >= 11 is 11.7. The molecule has 0 aliphatic heterocycles. The summed E-state index contributed by atoms with van der Waals surface area (Å²) in [6, 6.07) is 9.60. The molecule has 0 bridgehead atoms. The van der Waals surface area contributed by atoms with Gasteiger partial charge in [-0.1, -0.05) is 29.3 Å². The van der Waals surface area contributed by atoms with Crippen molar-refractivity contribution in [3.05, 3.63) is 52.0 Å². The minimum absolute atomic E-state index is 0.293. The first-order valence-electron chi connectivity index (χ1n) is 7.26. The number of nitrogens with zero attached hydrogens (tertiary/aromatic N) is 1. The van der Waals surface area contributed by atoms with Gasteiger partial charge in [0.2, 0.25) is 0 Å². The molecule has 0 aromatic heterocycles. The van der Waals surface area contributed by atoms with Crippen LogP contribution in [0.1, 0.15) is 5.56 Å². The van der Waals surface area contributed by atoms with E-state index in [2.05, 4.69) is 15.8 Å². The van der Waals surface area contributed by atoms with Gasteiger partial charge in [-0.15, -0.1) is 0 Å². The zero-order chi connectivity index (χ0) is 19.1. The standard InChI is InChI=1S/C17H15Cl2N3O4/c1-25-14-5-3-4-10(15(14)26-2)9-20-22-17(24)16(23)21-13-7-11(18)6-12(19)8-13/h3-9H,1-2H3,(H,21,23)(H,22,24)/b20-9-. The molecule has 26 heavy (non-hydrogen) atoms. The van der Waals surface area contributed by atoms with E-state index in [0.29, 0.717) is 32.8 Å². The van der Waals surface area contributed by atoms with Gasteiger partial charge < -0.3 is 14.8 Å². The monoisotopic (exact) mass is 395 g/mol. The Morgan fingerprint density at radius 2 is 1.73 bits per heavy atom. The van der Waals surface area contributed by atoms with E-state index in [1.54, 1.807) is 18.2 Å². The fraction of sp³-hybridized carbons (Fsp3) is 0.118. The molecule has 9 heteroatoms. The number of benzene rings is 2. The lowest BCUT2D eigenvalue weighted by molar-refractivity contribution is -0.136. The first kappa shape index (κ1) is 19.6. The number of anilines is 1. The number of carbonyl (C=O) groups is 2. The molecular weight excluding hydrogens is 381 g/mol. The summed E-state index contributed by atoms with van der Waals surface area (Å²) in [5.74, 6) is -0.915. The van der Waals surface area contributed by atoms with Crippen LogP contribution in [0.4, 0.5) is 5.69 Å². The van der Waals surface area contributed by atoms with Gasteiger partial charge in [0.25, 0.3) is 0 Å². The maximum Gasteiger partial charge on any atom is 0.329 e. The van der Waals surface area contributed by atoms with Crippen molar-refractivity contribution in [3.63, 3.8) is 0 Å². The summed E-state index contributed by atoms with van der Waals surface area (Å²) < 4.78 is 10.4. The van der Waals surface area contributed by atoms with Crippen LogP contribution in [-0.4, -0.2) is 32.2 Å². The lowest BCUT2D eigenvalue weighted by Gasteiger charge is -2.09. The third-order valence-corrected chi connectivity index (χ3v) is 3.57. The van der Waals surface area contributed by atoms with E-state index < -0.39 is 11.8 Å². The highest BCUT2D eigenvalue weighted by Crippen LogP contribution is 2.29. The van der Waals surface area contributed by atoms with Gasteiger partial charge in [0, 0.05) is 21.3 Å². The van der Waals surface area contributed by atoms with Crippen molar-refractivity contribution in [2.24, 2.45) is 5.10 Å². The van der Waals surface area contributed by atoms with Gasteiger partial charge in [-0.3, -0.25) is 9.59 Å². The molecule has 0 fully saturated rings. The van der Waals surface area contributed by atoms with Crippen molar-refractivity contribution >= 4 is 46.9 Å². The third kappa shape index (κ3) is 5.11. The van der Waals surface area contributed by atoms with Crippen LogP contribution in [0.3, 0.4) is 0 Å². The second kappa shape index (κ2) is 9.07. The molecule has 2 rings (SSSR count). The van der Waals surface area contributed by atoms with Gasteiger partial charge in [-0.2, -0.15) is 5.10 Å². The van der Waals surface area contributed by atoms with E-state index in [0.717, 1.165) is 0 Å². The van der Waals surface area contributed by atoms with Crippen molar-refractivity contribution in [3.8, 4) is 11.5 Å². The van der Waals surface area contributed by atoms with Crippen LogP contribution in [0.5, 0.6) is 11.5 Å². The highest BCUT2D eigenvalue weighted by molar-refractivity contribution is 6.40. The minimum Gasteiger partial charge on any atom is -0.493 e. The Balaban J connectivity index is 2.02. The maximum atomic E-state index is 11.9. The number of rotatable bonds is 5. The number of carbonyl (C=O) groups excluding carboxylic acids is 2. The number of hydrazone groups is 1. The maximum absolute atomic E-state index is 11.9. The number of nitrogens with one attached hydrogen (secondary N) is 2. The third-order valence-electron chi connectivity index (χ3n) is 3.13. The van der Waals surface area contributed by atoms with Crippen LogP contribution in [0.25, 0.3) is 0 Å². The quantitative estimate of drug-likeness (QED) is 0.462. The molecule has 2 amide bonds. The molecule has 2 N–H and O–H groups in total. The molecule has 0 heterocycles. The molecule has 0 spiro atoms.